The molecule has 0 spiro atoms. The van der Waals surface area contributed by atoms with E-state index in [4.69, 9.17) is 9.47 Å². The number of aliphatic hydroxyl groups is 1. The Morgan fingerprint density at radius 2 is 2.00 bits per heavy atom. The minimum absolute atomic E-state index is 0.0880. The van der Waals surface area contributed by atoms with Gasteiger partial charge in [0, 0.05) is 0 Å². The van der Waals surface area contributed by atoms with Crippen LogP contribution in [-0.4, -0.2) is 28.7 Å². The molecule has 3 heteroatoms. The summed E-state index contributed by atoms with van der Waals surface area (Å²) in [6, 6.07) is 0. The summed E-state index contributed by atoms with van der Waals surface area (Å²) in [5.41, 5.74) is 0.149. The van der Waals surface area contributed by atoms with Crippen molar-refractivity contribution in [2.45, 2.75) is 57.7 Å². The maximum atomic E-state index is 10.3. The predicted octanol–water partition coefficient (Wildman–Crippen LogP) is 1.61. The molecule has 2 aliphatic rings. The Kier molecular flexibility index (Phi) is 2.04. The Balaban J connectivity index is 2.27. The molecule has 0 aromatic rings. The van der Waals surface area contributed by atoms with Crippen LogP contribution >= 0.6 is 0 Å². The summed E-state index contributed by atoms with van der Waals surface area (Å²) in [5, 5.41) is 10.3. The first-order chi connectivity index (χ1) is 6.37. The van der Waals surface area contributed by atoms with E-state index in [2.05, 4.69) is 0 Å². The molecule has 3 atom stereocenters. The van der Waals surface area contributed by atoms with Crippen LogP contribution in [0.5, 0.6) is 0 Å². The Morgan fingerprint density at radius 3 is 2.50 bits per heavy atom. The number of hydrogen-bond acceptors (Lipinski definition) is 3. The second-order valence-corrected chi connectivity index (χ2v) is 4.71. The molecule has 2 rings (SSSR count). The number of rotatable bonds is 1. The van der Waals surface area contributed by atoms with Crippen molar-refractivity contribution in [3.63, 3.8) is 0 Å². The molecule has 1 aliphatic heterocycles. The van der Waals surface area contributed by atoms with Crippen molar-refractivity contribution < 1.29 is 14.6 Å². The summed E-state index contributed by atoms with van der Waals surface area (Å²) in [6.45, 7) is 7.59. The number of ether oxygens (including phenoxy) is 2. The summed E-state index contributed by atoms with van der Waals surface area (Å²) in [5.74, 6) is -0.574. The molecule has 0 saturated carbocycles. The normalized spacial score (nSPS) is 45.1. The zero-order valence-electron chi connectivity index (χ0n) is 9.20. The van der Waals surface area contributed by atoms with E-state index < -0.39 is 11.4 Å². The van der Waals surface area contributed by atoms with Crippen LogP contribution in [0.4, 0.5) is 0 Å². The van der Waals surface area contributed by atoms with E-state index in [9.17, 15) is 5.11 Å². The van der Waals surface area contributed by atoms with Crippen molar-refractivity contribution in [1.29, 1.82) is 0 Å². The molecule has 1 aliphatic carbocycles. The summed E-state index contributed by atoms with van der Waals surface area (Å²) < 4.78 is 11.4. The number of fused-ring (bicyclic) bond motifs is 1. The summed E-state index contributed by atoms with van der Waals surface area (Å²) >= 11 is 0. The Bertz CT molecular complexity index is 278. The van der Waals surface area contributed by atoms with Gasteiger partial charge < -0.3 is 14.6 Å². The molecule has 0 unspecified atom stereocenters. The van der Waals surface area contributed by atoms with Gasteiger partial charge in [-0.3, -0.25) is 0 Å². The molecule has 1 N–H and O–H groups in total. The third-order valence-corrected chi connectivity index (χ3v) is 3.08. The second kappa shape index (κ2) is 2.81. The first kappa shape index (κ1) is 10.1. The van der Waals surface area contributed by atoms with E-state index in [-0.39, 0.29) is 12.2 Å². The van der Waals surface area contributed by atoms with Gasteiger partial charge in [0.25, 0.3) is 0 Å². The molecule has 14 heavy (non-hydrogen) atoms. The fourth-order valence-electron chi connectivity index (χ4n) is 2.37. The van der Waals surface area contributed by atoms with Crippen LogP contribution < -0.4 is 0 Å². The molecule has 80 valence electrons. The average Bonchev–Trinajstić information content (AvgIpc) is 2.45. The molecule has 1 heterocycles. The van der Waals surface area contributed by atoms with Crippen LogP contribution in [0, 0.1) is 0 Å². The van der Waals surface area contributed by atoms with Gasteiger partial charge in [0.15, 0.2) is 5.79 Å². The fraction of sp³-hybridized carbons (Fsp3) is 0.818. The van der Waals surface area contributed by atoms with E-state index >= 15 is 0 Å². The van der Waals surface area contributed by atoms with Gasteiger partial charge in [0.05, 0.1) is 0 Å². The van der Waals surface area contributed by atoms with Crippen molar-refractivity contribution in [3.8, 4) is 0 Å². The third kappa shape index (κ3) is 1.31. The van der Waals surface area contributed by atoms with Crippen LogP contribution in [0.2, 0.25) is 0 Å². The van der Waals surface area contributed by atoms with Crippen LogP contribution in [-0.2, 0) is 9.47 Å². The lowest BCUT2D eigenvalue weighted by Gasteiger charge is -2.28. The highest BCUT2D eigenvalue weighted by Gasteiger charge is 2.54. The lowest BCUT2D eigenvalue weighted by atomic mass is 9.94. The first-order valence-corrected chi connectivity index (χ1v) is 5.16. The van der Waals surface area contributed by atoms with Gasteiger partial charge in [-0.15, -0.1) is 0 Å². The van der Waals surface area contributed by atoms with Gasteiger partial charge in [0.1, 0.15) is 17.8 Å². The van der Waals surface area contributed by atoms with Crippen molar-refractivity contribution in [2.24, 2.45) is 0 Å². The molecule has 1 fully saturated rings. The SMILES string of the molecule is CCC1=C[C@@H]2OC(C)(C)O[C@@H]2[C@]1(C)O. The van der Waals surface area contributed by atoms with Gasteiger partial charge in [-0.2, -0.15) is 0 Å². The second-order valence-electron chi connectivity index (χ2n) is 4.71. The summed E-state index contributed by atoms with van der Waals surface area (Å²) in [4.78, 5) is 0. The molecule has 3 nitrogen and oxygen atoms in total. The molecular weight excluding hydrogens is 180 g/mol. The van der Waals surface area contributed by atoms with E-state index in [0.717, 1.165) is 12.0 Å². The fourth-order valence-corrected chi connectivity index (χ4v) is 2.37. The zero-order valence-corrected chi connectivity index (χ0v) is 9.20. The van der Waals surface area contributed by atoms with Gasteiger partial charge >= 0.3 is 0 Å². The monoisotopic (exact) mass is 198 g/mol. The van der Waals surface area contributed by atoms with Crippen molar-refractivity contribution in [2.75, 3.05) is 0 Å². The standard InChI is InChI=1S/C11H18O3/c1-5-7-6-8-9(11(7,4)12)14-10(2,3)13-8/h6,8-9,12H,5H2,1-4H3/t8-,9-,11+/m0/s1. The molecule has 0 bridgehead atoms. The van der Waals surface area contributed by atoms with E-state index in [1.807, 2.05) is 26.8 Å². The number of hydrogen-bond donors (Lipinski definition) is 1. The Morgan fingerprint density at radius 1 is 1.36 bits per heavy atom. The van der Waals surface area contributed by atoms with Gasteiger partial charge in [-0.05, 0) is 32.8 Å². The molecule has 0 aromatic carbocycles. The van der Waals surface area contributed by atoms with Gasteiger partial charge in [-0.25, -0.2) is 0 Å². The zero-order chi connectivity index (χ0) is 10.6. The largest absolute Gasteiger partial charge is 0.383 e. The lowest BCUT2D eigenvalue weighted by Crippen LogP contribution is -2.41. The smallest absolute Gasteiger partial charge is 0.164 e. The summed E-state index contributed by atoms with van der Waals surface area (Å²) in [7, 11) is 0. The Hall–Kier alpha value is -0.380. The highest BCUT2D eigenvalue weighted by molar-refractivity contribution is 5.30. The molecule has 0 radical (unpaired) electrons. The minimum Gasteiger partial charge on any atom is -0.383 e. The summed E-state index contributed by atoms with van der Waals surface area (Å²) in [6.07, 6.45) is 2.51. The quantitative estimate of drug-likeness (QED) is 0.650. The predicted molar refractivity (Wildman–Crippen MR) is 52.8 cm³/mol. The maximum absolute atomic E-state index is 10.3. The van der Waals surface area contributed by atoms with Gasteiger partial charge in [0.2, 0.25) is 0 Å². The molecule has 0 aromatic heterocycles. The van der Waals surface area contributed by atoms with E-state index in [1.165, 1.54) is 0 Å². The average molecular weight is 198 g/mol. The van der Waals surface area contributed by atoms with Crippen molar-refractivity contribution >= 4 is 0 Å². The van der Waals surface area contributed by atoms with Crippen LogP contribution in [0.25, 0.3) is 0 Å². The minimum atomic E-state index is -0.868. The van der Waals surface area contributed by atoms with E-state index in [0.29, 0.717) is 0 Å². The van der Waals surface area contributed by atoms with Crippen LogP contribution in [0.15, 0.2) is 11.6 Å². The van der Waals surface area contributed by atoms with Crippen LogP contribution in [0.1, 0.15) is 34.1 Å². The van der Waals surface area contributed by atoms with Crippen molar-refractivity contribution in [3.05, 3.63) is 11.6 Å². The lowest BCUT2D eigenvalue weighted by molar-refractivity contribution is -0.164. The highest BCUT2D eigenvalue weighted by atomic mass is 16.8. The van der Waals surface area contributed by atoms with Gasteiger partial charge in [-0.1, -0.05) is 13.0 Å². The van der Waals surface area contributed by atoms with Crippen molar-refractivity contribution in [1.82, 2.24) is 0 Å². The Labute approximate surface area is 84.7 Å². The topological polar surface area (TPSA) is 38.7 Å². The molecule has 0 amide bonds. The third-order valence-electron chi connectivity index (χ3n) is 3.08. The maximum Gasteiger partial charge on any atom is 0.164 e. The van der Waals surface area contributed by atoms with Crippen LogP contribution in [0.3, 0.4) is 0 Å². The highest BCUT2D eigenvalue weighted by Crippen LogP contribution is 2.43. The first-order valence-electron chi connectivity index (χ1n) is 5.16. The van der Waals surface area contributed by atoms with E-state index in [1.54, 1.807) is 6.92 Å². The molecule has 1 saturated heterocycles. The molecular formula is C11H18O3.